The molecule has 2 fully saturated rings. The molecule has 1 radical (unpaired) electrons. The van der Waals surface area contributed by atoms with E-state index in [9.17, 15) is 9.59 Å². The van der Waals surface area contributed by atoms with E-state index < -0.39 is 0 Å². The van der Waals surface area contributed by atoms with E-state index in [1.54, 1.807) is 19.3 Å². The maximum atomic E-state index is 11.0. The fraction of sp³-hybridized carbons (Fsp3) is 0.529. The van der Waals surface area contributed by atoms with Crippen molar-refractivity contribution in [2.24, 2.45) is 0 Å². The lowest BCUT2D eigenvalue weighted by atomic mass is 10.4. The summed E-state index contributed by atoms with van der Waals surface area (Å²) in [7, 11) is 2.13. The molecule has 0 spiro atoms. The van der Waals surface area contributed by atoms with Gasteiger partial charge < -0.3 is 19.2 Å². The minimum absolute atomic E-state index is 0.318. The highest BCUT2D eigenvalue weighted by Gasteiger charge is 2.25. The summed E-state index contributed by atoms with van der Waals surface area (Å²) in [5.74, 6) is -0.654. The van der Waals surface area contributed by atoms with E-state index >= 15 is 0 Å². The predicted molar refractivity (Wildman–Crippen MR) is 98.5 cm³/mol. The average molecular weight is 391 g/mol. The standard InChI is InChI=1S/C8H10N2O2.C6H8N2O2.C3H6BO2/c1-12-8(11)6-4-9-10(5-6)7-2-3-7;1-2-10-6(9)5-3-7-8-4-5;5-4-6-3-1-2-3/h4-5,7H,2-3H2,1H3;3-4H,2H2,1H3,(H,7,8);3,5H,1-2H2. The Morgan fingerprint density at radius 3 is 2.46 bits per heavy atom. The highest BCUT2D eigenvalue weighted by molar-refractivity contribution is 6.16. The summed E-state index contributed by atoms with van der Waals surface area (Å²) in [6.45, 7) is 2.15. The summed E-state index contributed by atoms with van der Waals surface area (Å²) in [6.07, 6.45) is 11.1. The first-order valence-electron chi connectivity index (χ1n) is 8.98. The van der Waals surface area contributed by atoms with E-state index in [2.05, 4.69) is 29.4 Å². The first-order valence-corrected chi connectivity index (χ1v) is 8.98. The molecule has 151 valence electrons. The molecule has 0 saturated heterocycles. The molecule has 0 unspecified atom stereocenters. The van der Waals surface area contributed by atoms with Gasteiger partial charge in [-0.2, -0.15) is 10.2 Å². The van der Waals surface area contributed by atoms with E-state index in [4.69, 9.17) is 5.02 Å². The SMILES string of the molecule is CCOC(=O)c1cn[nH]c1.COC(=O)c1cnn(C2CC2)c1.O[B]OC1CC1. The van der Waals surface area contributed by atoms with Gasteiger partial charge in [-0.3, -0.25) is 9.78 Å². The zero-order chi connectivity index (χ0) is 20.4. The molecule has 0 amide bonds. The number of nitrogens with one attached hydrogen (secondary N) is 1. The van der Waals surface area contributed by atoms with Gasteiger partial charge in [-0.25, -0.2) is 9.59 Å². The lowest BCUT2D eigenvalue weighted by molar-refractivity contribution is 0.0525. The van der Waals surface area contributed by atoms with Crippen LogP contribution in [-0.2, 0) is 14.1 Å². The summed E-state index contributed by atoms with van der Waals surface area (Å²) >= 11 is 0. The zero-order valence-corrected chi connectivity index (χ0v) is 15.9. The second-order valence-electron chi connectivity index (χ2n) is 6.08. The number of rotatable bonds is 6. The fourth-order valence-electron chi connectivity index (χ4n) is 1.97. The summed E-state index contributed by atoms with van der Waals surface area (Å²) in [5.41, 5.74) is 0.992. The van der Waals surface area contributed by atoms with Gasteiger partial charge in [0.05, 0.1) is 43.3 Å². The number of hydrogen-bond donors (Lipinski definition) is 2. The number of H-pyrrole nitrogens is 1. The lowest BCUT2D eigenvalue weighted by Crippen LogP contribution is -2.02. The summed E-state index contributed by atoms with van der Waals surface area (Å²) in [5, 5.41) is 18.1. The molecule has 2 aromatic heterocycles. The van der Waals surface area contributed by atoms with Gasteiger partial charge in [-0.05, 0) is 32.6 Å². The van der Waals surface area contributed by atoms with Gasteiger partial charge in [0.1, 0.15) is 0 Å². The molecule has 11 heteroatoms. The van der Waals surface area contributed by atoms with Crippen LogP contribution in [0.4, 0.5) is 0 Å². The third-order valence-electron chi connectivity index (χ3n) is 3.73. The minimum atomic E-state index is -0.337. The number of carbonyl (C=O) groups is 2. The zero-order valence-electron chi connectivity index (χ0n) is 15.9. The maximum absolute atomic E-state index is 11.0. The van der Waals surface area contributed by atoms with Crippen molar-refractivity contribution < 1.29 is 28.7 Å². The van der Waals surface area contributed by atoms with Crippen LogP contribution in [0.2, 0.25) is 0 Å². The van der Waals surface area contributed by atoms with Gasteiger partial charge in [0, 0.05) is 18.5 Å². The Labute approximate surface area is 163 Å². The van der Waals surface area contributed by atoms with Crippen molar-refractivity contribution in [1.29, 1.82) is 0 Å². The molecule has 2 N–H and O–H groups in total. The maximum Gasteiger partial charge on any atom is 0.485 e. The van der Waals surface area contributed by atoms with Crippen molar-refractivity contribution >= 4 is 19.6 Å². The molecule has 0 atom stereocenters. The molecule has 4 rings (SSSR count). The number of nitrogens with zero attached hydrogens (tertiary/aromatic N) is 3. The molecule has 0 aromatic carbocycles. The Morgan fingerprint density at radius 2 is 2.00 bits per heavy atom. The van der Waals surface area contributed by atoms with Crippen molar-refractivity contribution in [1.82, 2.24) is 20.0 Å². The molecule has 10 nitrogen and oxygen atoms in total. The first kappa shape index (κ1) is 21.6. The van der Waals surface area contributed by atoms with E-state index in [1.165, 1.54) is 32.3 Å². The summed E-state index contributed by atoms with van der Waals surface area (Å²) in [6, 6.07) is 0.517. The van der Waals surface area contributed by atoms with Gasteiger partial charge in [0.15, 0.2) is 0 Å². The fourth-order valence-corrected chi connectivity index (χ4v) is 1.97. The van der Waals surface area contributed by atoms with E-state index in [0.29, 0.717) is 29.9 Å². The van der Waals surface area contributed by atoms with Gasteiger partial charge in [-0.1, -0.05) is 0 Å². The number of carbonyl (C=O) groups excluding carboxylic acids is 2. The van der Waals surface area contributed by atoms with Gasteiger partial charge >= 0.3 is 19.6 Å². The predicted octanol–water partition coefficient (Wildman–Crippen LogP) is 1.28. The van der Waals surface area contributed by atoms with Crippen LogP contribution in [0.15, 0.2) is 24.8 Å². The Hall–Kier alpha value is -2.66. The number of esters is 2. The minimum Gasteiger partial charge on any atom is -0.465 e. The molecule has 0 aliphatic heterocycles. The smallest absolute Gasteiger partial charge is 0.465 e. The van der Waals surface area contributed by atoms with Crippen LogP contribution in [0.1, 0.15) is 59.4 Å². The highest BCUT2D eigenvalue weighted by Crippen LogP contribution is 2.33. The Kier molecular flexibility index (Phi) is 8.69. The number of hydrogen-bond acceptors (Lipinski definition) is 8. The third-order valence-corrected chi connectivity index (χ3v) is 3.73. The Bertz CT molecular complexity index is 728. The van der Waals surface area contributed by atoms with Crippen molar-refractivity contribution in [2.45, 2.75) is 44.8 Å². The van der Waals surface area contributed by atoms with E-state index in [0.717, 1.165) is 20.5 Å². The largest absolute Gasteiger partial charge is 0.485 e. The van der Waals surface area contributed by atoms with Crippen molar-refractivity contribution in [3.05, 3.63) is 35.9 Å². The number of aromatic nitrogens is 4. The number of aromatic amines is 1. The van der Waals surface area contributed by atoms with Gasteiger partial charge in [-0.15, -0.1) is 0 Å². The third kappa shape index (κ3) is 7.53. The molecular formula is C17H24BN4O6. The normalized spacial score (nSPS) is 14.7. The molecular weight excluding hydrogens is 367 g/mol. The molecule has 0 bridgehead atoms. The van der Waals surface area contributed by atoms with Crippen molar-refractivity contribution in [2.75, 3.05) is 13.7 Å². The molecule has 2 aromatic rings. The molecule has 2 aliphatic rings. The molecule has 28 heavy (non-hydrogen) atoms. The second kappa shape index (κ2) is 11.2. The Balaban J connectivity index is 0.000000159. The van der Waals surface area contributed by atoms with Crippen LogP contribution >= 0.6 is 0 Å². The number of ether oxygens (including phenoxy) is 2. The monoisotopic (exact) mass is 391 g/mol. The average Bonchev–Trinajstić information content (AvgIpc) is 3.61. The van der Waals surface area contributed by atoms with Crippen molar-refractivity contribution in [3.63, 3.8) is 0 Å². The molecule has 2 heterocycles. The van der Waals surface area contributed by atoms with Crippen LogP contribution in [0.3, 0.4) is 0 Å². The van der Waals surface area contributed by atoms with Gasteiger partial charge in [0.25, 0.3) is 0 Å². The van der Waals surface area contributed by atoms with Crippen LogP contribution in [0.5, 0.6) is 0 Å². The summed E-state index contributed by atoms with van der Waals surface area (Å²) < 4.78 is 15.7. The topological polar surface area (TPSA) is 129 Å². The lowest BCUT2D eigenvalue weighted by Gasteiger charge is -1.95. The molecule has 2 aliphatic carbocycles. The second-order valence-corrected chi connectivity index (χ2v) is 6.08. The molecule has 2 saturated carbocycles. The summed E-state index contributed by atoms with van der Waals surface area (Å²) in [4.78, 5) is 21.8. The van der Waals surface area contributed by atoms with Crippen LogP contribution in [0.25, 0.3) is 0 Å². The number of methoxy groups -OCH3 is 1. The van der Waals surface area contributed by atoms with Crippen LogP contribution < -0.4 is 0 Å². The van der Waals surface area contributed by atoms with Crippen LogP contribution in [0, 0.1) is 0 Å². The Morgan fingerprint density at radius 1 is 1.25 bits per heavy atom. The quantitative estimate of drug-likeness (QED) is 0.557. The van der Waals surface area contributed by atoms with E-state index in [-0.39, 0.29) is 11.9 Å². The van der Waals surface area contributed by atoms with Crippen molar-refractivity contribution in [3.8, 4) is 0 Å². The highest BCUT2D eigenvalue weighted by atomic mass is 16.5. The van der Waals surface area contributed by atoms with Crippen LogP contribution in [-0.4, -0.2) is 64.4 Å². The first-order chi connectivity index (χ1) is 13.6. The van der Waals surface area contributed by atoms with Gasteiger partial charge in [0.2, 0.25) is 0 Å². The van der Waals surface area contributed by atoms with E-state index in [1.807, 2.05) is 4.68 Å².